The number of likely N-dealkylation sites (N-methyl/N-ethyl adjacent to an activating group) is 1. The third-order valence-corrected chi connectivity index (χ3v) is 8.57. The number of carbonyl (C=O) groups is 1. The Morgan fingerprint density at radius 1 is 1.26 bits per heavy atom. The van der Waals surface area contributed by atoms with Gasteiger partial charge in [0, 0.05) is 25.6 Å². The van der Waals surface area contributed by atoms with Crippen LogP contribution in [0.4, 0.5) is 0 Å². The van der Waals surface area contributed by atoms with Gasteiger partial charge >= 0.3 is 5.97 Å². The van der Waals surface area contributed by atoms with E-state index in [0.717, 1.165) is 24.1 Å². The molecule has 1 aliphatic carbocycles. The van der Waals surface area contributed by atoms with Crippen LogP contribution in [0.1, 0.15) is 36.8 Å². The maximum Gasteiger partial charge on any atom is 0.321 e. The first-order valence-corrected chi connectivity index (χ1v) is 13.1. The molecular weight excluding hydrogens is 472 g/mol. The lowest BCUT2D eigenvalue weighted by atomic mass is 9.67. The van der Waals surface area contributed by atoms with E-state index < -0.39 is 34.1 Å². The van der Waals surface area contributed by atoms with Gasteiger partial charge in [0.25, 0.3) is 0 Å². The van der Waals surface area contributed by atoms with Gasteiger partial charge in [-0.05, 0) is 49.4 Å². The molecule has 2 unspecified atom stereocenters. The van der Waals surface area contributed by atoms with Gasteiger partial charge in [-0.1, -0.05) is 42.9 Å². The normalized spacial score (nSPS) is 20.7. The molecule has 0 saturated heterocycles. The van der Waals surface area contributed by atoms with E-state index in [1.54, 1.807) is 38.4 Å². The van der Waals surface area contributed by atoms with Crippen molar-refractivity contribution in [2.75, 3.05) is 13.6 Å². The second-order valence-corrected chi connectivity index (χ2v) is 10.6. The van der Waals surface area contributed by atoms with Gasteiger partial charge in [-0.25, -0.2) is 13.4 Å². The van der Waals surface area contributed by atoms with Crippen molar-refractivity contribution in [3.05, 3.63) is 66.1 Å². The highest BCUT2D eigenvalue weighted by molar-refractivity contribution is 7.89. The fraction of sp³-hybridized carbons (Fsp3) is 0.375. The van der Waals surface area contributed by atoms with Crippen LogP contribution in [0.15, 0.2) is 59.9 Å². The van der Waals surface area contributed by atoms with Crippen LogP contribution >= 0.6 is 12.2 Å². The van der Waals surface area contributed by atoms with E-state index >= 15 is 0 Å². The molecular formula is C24H28N4O4S2. The van der Waals surface area contributed by atoms with Crippen molar-refractivity contribution in [1.29, 1.82) is 0 Å². The number of pyridine rings is 1. The summed E-state index contributed by atoms with van der Waals surface area (Å²) in [6, 6.07) is 10.5. The third kappa shape index (κ3) is 4.57. The molecule has 0 aliphatic heterocycles. The van der Waals surface area contributed by atoms with Crippen LogP contribution in [-0.4, -0.2) is 48.5 Å². The number of hydrogen-bond acceptors (Lipinski definition) is 6. The molecule has 10 heteroatoms. The quantitative estimate of drug-likeness (QED) is 0.380. The Bertz CT molecular complexity index is 1320. The predicted molar refractivity (Wildman–Crippen MR) is 133 cm³/mol. The van der Waals surface area contributed by atoms with Gasteiger partial charge in [0.05, 0.1) is 15.3 Å². The Kier molecular flexibility index (Phi) is 7.01. The molecule has 1 saturated carbocycles. The van der Waals surface area contributed by atoms with Crippen molar-refractivity contribution in [2.24, 2.45) is 0 Å². The van der Waals surface area contributed by atoms with Crippen molar-refractivity contribution < 1.29 is 17.9 Å². The van der Waals surface area contributed by atoms with E-state index in [9.17, 15) is 13.2 Å². The van der Waals surface area contributed by atoms with Crippen molar-refractivity contribution in [2.45, 2.75) is 49.0 Å². The Balaban J connectivity index is 1.58. The molecule has 2 aromatic heterocycles. The number of aromatic nitrogens is 2. The number of carbonyl (C=O) groups excluding carboxylic acids is 1. The second-order valence-electron chi connectivity index (χ2n) is 8.48. The largest absolute Gasteiger partial charge is 0.460 e. The molecule has 0 radical (unpaired) electrons. The van der Waals surface area contributed by atoms with Crippen molar-refractivity contribution >= 4 is 38.8 Å². The smallest absolute Gasteiger partial charge is 0.321 e. The number of nitrogens with zero attached hydrogens (tertiary/aromatic N) is 2. The van der Waals surface area contributed by atoms with Gasteiger partial charge in [0.2, 0.25) is 10.0 Å². The van der Waals surface area contributed by atoms with Gasteiger partial charge in [0.1, 0.15) is 18.3 Å². The maximum absolute atomic E-state index is 12.8. The zero-order chi connectivity index (χ0) is 24.3. The Labute approximate surface area is 204 Å². The van der Waals surface area contributed by atoms with Gasteiger partial charge < -0.3 is 14.5 Å². The SMILES string of the molecule is CNC(=S)C1(c2ccc3nccn3c2)CCCCC1OC(=O)CNS(=O)(=O)c1ccccc1C. The molecule has 1 aromatic carbocycles. The molecule has 1 fully saturated rings. The summed E-state index contributed by atoms with van der Waals surface area (Å²) in [6.07, 6.45) is 8.17. The fourth-order valence-corrected chi connectivity index (χ4v) is 6.28. The van der Waals surface area contributed by atoms with Crippen LogP contribution < -0.4 is 10.0 Å². The highest BCUT2D eigenvalue weighted by Gasteiger charge is 2.48. The number of rotatable bonds is 7. The monoisotopic (exact) mass is 500 g/mol. The molecule has 0 bridgehead atoms. The molecule has 4 rings (SSSR count). The number of fused-ring (bicyclic) bond motifs is 1. The second kappa shape index (κ2) is 9.81. The minimum Gasteiger partial charge on any atom is -0.460 e. The third-order valence-electron chi connectivity index (χ3n) is 6.44. The van der Waals surface area contributed by atoms with Crippen molar-refractivity contribution in [3.63, 3.8) is 0 Å². The first kappa shape index (κ1) is 24.3. The number of thiocarbonyl (C=S) groups is 1. The number of sulfonamides is 1. The van der Waals surface area contributed by atoms with Gasteiger partial charge in [-0.3, -0.25) is 4.79 Å². The number of nitrogens with one attached hydrogen (secondary N) is 2. The molecule has 8 nitrogen and oxygen atoms in total. The van der Waals surface area contributed by atoms with Crippen LogP contribution in [0.3, 0.4) is 0 Å². The molecule has 2 heterocycles. The number of aryl methyl sites for hydroxylation is 1. The van der Waals surface area contributed by atoms with E-state index in [2.05, 4.69) is 15.0 Å². The first-order chi connectivity index (χ1) is 16.3. The van der Waals surface area contributed by atoms with E-state index in [4.69, 9.17) is 17.0 Å². The predicted octanol–water partition coefficient (Wildman–Crippen LogP) is 2.89. The number of hydrogen-bond donors (Lipinski definition) is 2. The molecule has 180 valence electrons. The minimum absolute atomic E-state index is 0.139. The Morgan fingerprint density at radius 2 is 2.06 bits per heavy atom. The first-order valence-electron chi connectivity index (χ1n) is 11.2. The number of imidazole rings is 1. The molecule has 2 atom stereocenters. The average Bonchev–Trinajstić information content (AvgIpc) is 3.31. The van der Waals surface area contributed by atoms with Crippen LogP contribution in [0.25, 0.3) is 5.65 Å². The van der Waals surface area contributed by atoms with Crippen molar-refractivity contribution in [1.82, 2.24) is 19.4 Å². The summed E-state index contributed by atoms with van der Waals surface area (Å²) in [4.78, 5) is 17.9. The summed E-state index contributed by atoms with van der Waals surface area (Å²) in [7, 11) is -2.08. The Morgan fingerprint density at radius 3 is 2.82 bits per heavy atom. The van der Waals surface area contributed by atoms with E-state index in [1.807, 2.05) is 28.9 Å². The molecule has 1 aliphatic rings. The summed E-state index contributed by atoms with van der Waals surface area (Å²) < 4.78 is 35.6. The van der Waals surface area contributed by atoms with Gasteiger partial charge in [0.15, 0.2) is 0 Å². The zero-order valence-corrected chi connectivity index (χ0v) is 20.8. The fourth-order valence-electron chi connectivity index (χ4n) is 4.72. The topological polar surface area (TPSA) is 102 Å². The van der Waals surface area contributed by atoms with E-state index in [-0.39, 0.29) is 4.90 Å². The minimum atomic E-state index is -3.85. The van der Waals surface area contributed by atoms with Crippen LogP contribution in [-0.2, 0) is 25.0 Å². The molecule has 34 heavy (non-hydrogen) atoms. The van der Waals surface area contributed by atoms with E-state index in [1.165, 1.54) is 6.07 Å². The summed E-state index contributed by atoms with van der Waals surface area (Å²) in [6.45, 7) is 1.25. The summed E-state index contributed by atoms with van der Waals surface area (Å²) >= 11 is 5.76. The Hall–Kier alpha value is -2.82. The van der Waals surface area contributed by atoms with Crippen LogP contribution in [0.5, 0.6) is 0 Å². The molecule has 0 spiro atoms. The highest BCUT2D eigenvalue weighted by Crippen LogP contribution is 2.42. The molecule has 0 amide bonds. The number of benzene rings is 1. The summed E-state index contributed by atoms with van der Waals surface area (Å²) in [5, 5.41) is 3.11. The number of esters is 1. The van der Waals surface area contributed by atoms with Crippen molar-refractivity contribution in [3.8, 4) is 0 Å². The zero-order valence-electron chi connectivity index (χ0n) is 19.2. The molecule has 3 aromatic rings. The van der Waals surface area contributed by atoms with Crippen LogP contribution in [0.2, 0.25) is 0 Å². The maximum atomic E-state index is 12.8. The number of ether oxygens (including phenoxy) is 1. The lowest BCUT2D eigenvalue weighted by molar-refractivity contribution is -0.151. The average molecular weight is 501 g/mol. The standard InChI is InChI=1S/C24H28N4O4S2/c1-17-7-3-4-8-19(17)34(30,31)27-15-22(29)32-20-9-5-6-12-24(20,23(33)25-2)18-10-11-21-26-13-14-28(21)16-18/h3-4,7-8,10-11,13-14,16,20,27H,5-6,9,12,15H2,1-2H3,(H,25,33). The summed E-state index contributed by atoms with van der Waals surface area (Å²) in [5.74, 6) is -0.643. The lowest BCUT2D eigenvalue weighted by Gasteiger charge is -2.44. The van der Waals surface area contributed by atoms with E-state index in [0.29, 0.717) is 23.4 Å². The van der Waals surface area contributed by atoms with Gasteiger partial charge in [-0.2, -0.15) is 4.72 Å². The van der Waals surface area contributed by atoms with Gasteiger partial charge in [-0.15, -0.1) is 0 Å². The highest BCUT2D eigenvalue weighted by atomic mass is 32.2. The summed E-state index contributed by atoms with van der Waals surface area (Å²) in [5.41, 5.74) is 1.62. The van der Waals surface area contributed by atoms with Crippen LogP contribution in [0, 0.1) is 6.92 Å². The molecule has 2 N–H and O–H groups in total. The lowest BCUT2D eigenvalue weighted by Crippen LogP contribution is -2.54.